The van der Waals surface area contributed by atoms with Crippen molar-refractivity contribution >= 4 is 17.8 Å². The molecule has 1 N–H and O–H groups in total. The highest BCUT2D eigenvalue weighted by Crippen LogP contribution is 2.15. The summed E-state index contributed by atoms with van der Waals surface area (Å²) in [5.41, 5.74) is 2.60. The number of nitrogens with zero attached hydrogens (tertiary/aromatic N) is 2. The van der Waals surface area contributed by atoms with Crippen LogP contribution in [0.3, 0.4) is 0 Å². The van der Waals surface area contributed by atoms with Gasteiger partial charge in [-0.2, -0.15) is 5.10 Å². The van der Waals surface area contributed by atoms with E-state index in [1.165, 1.54) is 36.5 Å². The summed E-state index contributed by atoms with van der Waals surface area (Å²) in [6, 6.07) is 10.9. The summed E-state index contributed by atoms with van der Waals surface area (Å²) in [5.74, 6) is -0.986. The van der Waals surface area contributed by atoms with Crippen molar-refractivity contribution in [3.05, 3.63) is 75.6 Å². The predicted molar refractivity (Wildman–Crippen MR) is 74.6 cm³/mol. The molecule has 0 bridgehead atoms. The van der Waals surface area contributed by atoms with Gasteiger partial charge < -0.3 is 0 Å². The van der Waals surface area contributed by atoms with Crippen molar-refractivity contribution in [3.63, 3.8) is 0 Å². The Bertz CT molecular complexity index is 699. The van der Waals surface area contributed by atoms with E-state index in [1.807, 2.05) is 0 Å². The van der Waals surface area contributed by atoms with Crippen molar-refractivity contribution < 1.29 is 14.1 Å². The Morgan fingerprint density at radius 2 is 1.86 bits per heavy atom. The average Bonchev–Trinajstić information content (AvgIpc) is 2.48. The van der Waals surface area contributed by atoms with E-state index in [0.717, 1.165) is 12.1 Å². The maximum Gasteiger partial charge on any atom is 0.278 e. The SMILES string of the molecule is O=C(N/N=C/c1ccccc1[N+](=O)[O-])c1ccc(F)cc1. The van der Waals surface area contributed by atoms with Gasteiger partial charge in [-0.3, -0.25) is 14.9 Å². The Morgan fingerprint density at radius 3 is 2.52 bits per heavy atom. The first-order chi connectivity index (χ1) is 10.1. The lowest BCUT2D eigenvalue weighted by atomic mass is 10.2. The lowest BCUT2D eigenvalue weighted by molar-refractivity contribution is -0.385. The number of nitro groups is 1. The highest BCUT2D eigenvalue weighted by molar-refractivity contribution is 5.95. The van der Waals surface area contributed by atoms with Crippen LogP contribution < -0.4 is 5.43 Å². The van der Waals surface area contributed by atoms with E-state index in [4.69, 9.17) is 0 Å². The van der Waals surface area contributed by atoms with Gasteiger partial charge in [0.15, 0.2) is 0 Å². The number of nitro benzene ring substituents is 1. The number of carbonyl (C=O) groups excluding carboxylic acids is 1. The number of hydrogen-bond donors (Lipinski definition) is 1. The molecule has 2 aromatic rings. The van der Waals surface area contributed by atoms with Gasteiger partial charge >= 0.3 is 0 Å². The van der Waals surface area contributed by atoms with E-state index in [2.05, 4.69) is 10.5 Å². The van der Waals surface area contributed by atoms with Crippen LogP contribution in [0.2, 0.25) is 0 Å². The van der Waals surface area contributed by atoms with Gasteiger partial charge in [-0.25, -0.2) is 9.82 Å². The fraction of sp³-hybridized carbons (Fsp3) is 0. The zero-order chi connectivity index (χ0) is 15.2. The van der Waals surface area contributed by atoms with Gasteiger partial charge in [-0.1, -0.05) is 12.1 Å². The minimum Gasteiger partial charge on any atom is -0.267 e. The third-order valence-corrected chi connectivity index (χ3v) is 2.61. The molecule has 0 aliphatic heterocycles. The summed E-state index contributed by atoms with van der Waals surface area (Å²) in [4.78, 5) is 21.9. The van der Waals surface area contributed by atoms with Crippen LogP contribution in [0.1, 0.15) is 15.9 Å². The zero-order valence-corrected chi connectivity index (χ0v) is 10.7. The molecule has 0 radical (unpaired) electrons. The second-order valence-corrected chi connectivity index (χ2v) is 4.02. The van der Waals surface area contributed by atoms with Crippen LogP contribution >= 0.6 is 0 Å². The molecule has 0 saturated heterocycles. The van der Waals surface area contributed by atoms with E-state index in [-0.39, 0.29) is 16.8 Å². The number of carbonyl (C=O) groups is 1. The fourth-order valence-corrected chi connectivity index (χ4v) is 1.59. The van der Waals surface area contributed by atoms with Crippen molar-refractivity contribution in [2.45, 2.75) is 0 Å². The van der Waals surface area contributed by atoms with E-state index in [9.17, 15) is 19.3 Å². The number of amides is 1. The molecule has 0 unspecified atom stereocenters. The zero-order valence-electron chi connectivity index (χ0n) is 10.7. The van der Waals surface area contributed by atoms with E-state index in [1.54, 1.807) is 6.07 Å². The molecule has 0 atom stereocenters. The summed E-state index contributed by atoms with van der Waals surface area (Å²) >= 11 is 0. The van der Waals surface area contributed by atoms with Gasteiger partial charge in [0, 0.05) is 11.6 Å². The quantitative estimate of drug-likeness (QED) is 0.532. The molecule has 21 heavy (non-hydrogen) atoms. The highest BCUT2D eigenvalue weighted by Gasteiger charge is 2.10. The largest absolute Gasteiger partial charge is 0.278 e. The Morgan fingerprint density at radius 1 is 1.19 bits per heavy atom. The van der Waals surface area contributed by atoms with Crippen LogP contribution in [0.25, 0.3) is 0 Å². The molecule has 0 aliphatic carbocycles. The van der Waals surface area contributed by atoms with Crippen molar-refractivity contribution in [2.75, 3.05) is 0 Å². The molecule has 0 aromatic heterocycles. The van der Waals surface area contributed by atoms with Crippen molar-refractivity contribution in [1.29, 1.82) is 0 Å². The Kier molecular flexibility index (Phi) is 4.35. The molecular formula is C14H10FN3O3. The Hall–Kier alpha value is -3.09. The molecule has 0 heterocycles. The standard InChI is InChI=1S/C14H10FN3O3/c15-12-7-5-10(6-8-12)14(19)17-16-9-11-3-1-2-4-13(11)18(20)21/h1-9H,(H,17,19)/b16-9+. The number of nitrogens with one attached hydrogen (secondary N) is 1. The van der Waals surface area contributed by atoms with Gasteiger partial charge in [-0.15, -0.1) is 0 Å². The molecular weight excluding hydrogens is 277 g/mol. The lowest BCUT2D eigenvalue weighted by Crippen LogP contribution is -2.17. The normalized spacial score (nSPS) is 10.5. The number of hydrazone groups is 1. The monoisotopic (exact) mass is 287 g/mol. The summed E-state index contributed by atoms with van der Waals surface area (Å²) < 4.78 is 12.7. The lowest BCUT2D eigenvalue weighted by Gasteiger charge is -2.00. The molecule has 7 heteroatoms. The van der Waals surface area contributed by atoms with Crippen molar-refractivity contribution in [3.8, 4) is 0 Å². The number of para-hydroxylation sites is 1. The summed E-state index contributed by atoms with van der Waals surface area (Å²) in [6.07, 6.45) is 1.18. The summed E-state index contributed by atoms with van der Waals surface area (Å²) in [5, 5.41) is 14.5. The Balaban J connectivity index is 2.07. The van der Waals surface area contributed by atoms with Gasteiger partial charge in [0.2, 0.25) is 0 Å². The maximum absolute atomic E-state index is 12.7. The van der Waals surface area contributed by atoms with E-state index >= 15 is 0 Å². The fourth-order valence-electron chi connectivity index (χ4n) is 1.59. The molecule has 2 aromatic carbocycles. The first-order valence-corrected chi connectivity index (χ1v) is 5.90. The molecule has 2 rings (SSSR count). The number of hydrogen-bond acceptors (Lipinski definition) is 4. The molecule has 1 amide bonds. The van der Waals surface area contributed by atoms with Crippen LogP contribution in [0, 0.1) is 15.9 Å². The molecule has 0 aliphatic rings. The Labute approximate surface area is 119 Å². The first kappa shape index (κ1) is 14.3. The minimum absolute atomic E-state index is 0.114. The van der Waals surface area contributed by atoms with Gasteiger partial charge in [-0.05, 0) is 30.3 Å². The summed E-state index contributed by atoms with van der Waals surface area (Å²) in [6.45, 7) is 0. The van der Waals surface area contributed by atoms with Crippen LogP contribution in [0.5, 0.6) is 0 Å². The maximum atomic E-state index is 12.7. The van der Waals surface area contributed by atoms with Crippen molar-refractivity contribution in [1.82, 2.24) is 5.43 Å². The molecule has 0 spiro atoms. The van der Waals surface area contributed by atoms with Crippen LogP contribution in [0.4, 0.5) is 10.1 Å². The van der Waals surface area contributed by atoms with Crippen molar-refractivity contribution in [2.24, 2.45) is 5.10 Å². The number of halogens is 1. The molecule has 106 valence electrons. The molecule has 0 fully saturated rings. The second-order valence-electron chi connectivity index (χ2n) is 4.02. The van der Waals surface area contributed by atoms with Crippen LogP contribution in [-0.4, -0.2) is 17.0 Å². The molecule has 0 saturated carbocycles. The number of rotatable bonds is 4. The average molecular weight is 287 g/mol. The molecule has 6 nitrogen and oxygen atoms in total. The van der Waals surface area contributed by atoms with E-state index < -0.39 is 16.6 Å². The second kappa shape index (κ2) is 6.38. The topological polar surface area (TPSA) is 84.6 Å². The number of benzene rings is 2. The summed E-state index contributed by atoms with van der Waals surface area (Å²) in [7, 11) is 0. The van der Waals surface area contributed by atoms with Crippen LogP contribution in [0.15, 0.2) is 53.6 Å². The minimum atomic E-state index is -0.539. The predicted octanol–water partition coefficient (Wildman–Crippen LogP) is 2.50. The van der Waals surface area contributed by atoms with Gasteiger partial charge in [0.05, 0.1) is 16.7 Å². The highest BCUT2D eigenvalue weighted by atomic mass is 19.1. The third-order valence-electron chi connectivity index (χ3n) is 2.61. The van der Waals surface area contributed by atoms with Gasteiger partial charge in [0.1, 0.15) is 5.82 Å². The third kappa shape index (κ3) is 3.69. The van der Waals surface area contributed by atoms with E-state index in [0.29, 0.717) is 0 Å². The smallest absolute Gasteiger partial charge is 0.267 e. The first-order valence-electron chi connectivity index (χ1n) is 5.90. The van der Waals surface area contributed by atoms with Gasteiger partial charge in [0.25, 0.3) is 11.6 Å². The van der Waals surface area contributed by atoms with Crippen LogP contribution in [-0.2, 0) is 0 Å².